The minimum absolute atomic E-state index is 0.0843. The molecule has 1 N–H and O–H groups in total. The summed E-state index contributed by atoms with van der Waals surface area (Å²) in [6.45, 7) is 0. The Morgan fingerprint density at radius 2 is 1.74 bits per heavy atom. The zero-order chi connectivity index (χ0) is 27.2. The Kier molecular flexibility index (Phi) is 6.20. The van der Waals surface area contributed by atoms with Crippen LogP contribution in [-0.4, -0.2) is 27.2 Å². The van der Waals surface area contributed by atoms with E-state index < -0.39 is 23.3 Å². The van der Waals surface area contributed by atoms with Crippen molar-refractivity contribution in [1.82, 2.24) is 15.1 Å². The highest BCUT2D eigenvalue weighted by molar-refractivity contribution is 5.91. The number of carbonyl (C=O) groups excluding carboxylic acids is 1. The predicted octanol–water partition coefficient (Wildman–Crippen LogP) is 6.13. The molecule has 0 radical (unpaired) electrons. The molecule has 1 amide bonds. The third kappa shape index (κ3) is 5.03. The fraction of sp³-hybridized carbons (Fsp3) is 0.310. The molecule has 2 aliphatic rings. The first-order valence-electron chi connectivity index (χ1n) is 12.7. The Hall–Kier alpha value is -4.08. The normalized spacial score (nSPS) is 15.7. The molecular weight excluding hydrogens is 512 g/mol. The summed E-state index contributed by atoms with van der Waals surface area (Å²) in [5, 5.41) is 5.91. The number of hydrogen-bond acceptors (Lipinski definition) is 5. The summed E-state index contributed by atoms with van der Waals surface area (Å²) in [7, 11) is 0. The molecular formula is C29H24F4N4O2. The summed E-state index contributed by atoms with van der Waals surface area (Å²) >= 11 is 0. The van der Waals surface area contributed by atoms with Gasteiger partial charge in [-0.2, -0.15) is 13.2 Å². The molecule has 200 valence electrons. The average molecular weight is 537 g/mol. The van der Waals surface area contributed by atoms with Crippen LogP contribution in [0.3, 0.4) is 0 Å². The van der Waals surface area contributed by atoms with Gasteiger partial charge in [-0.15, -0.1) is 0 Å². The van der Waals surface area contributed by atoms with Crippen molar-refractivity contribution in [3.63, 3.8) is 0 Å². The summed E-state index contributed by atoms with van der Waals surface area (Å²) < 4.78 is 59.5. The van der Waals surface area contributed by atoms with Crippen molar-refractivity contribution in [3.8, 4) is 11.1 Å². The minimum Gasteiger partial charge on any atom is -0.358 e. The number of hydrogen-bond donors (Lipinski definition) is 1. The van der Waals surface area contributed by atoms with Crippen LogP contribution in [0.25, 0.3) is 11.1 Å². The first-order chi connectivity index (χ1) is 18.7. The van der Waals surface area contributed by atoms with Crippen LogP contribution >= 0.6 is 0 Å². The molecule has 1 fully saturated rings. The molecule has 10 heteroatoms. The van der Waals surface area contributed by atoms with Gasteiger partial charge in [0, 0.05) is 30.4 Å². The van der Waals surface area contributed by atoms with Gasteiger partial charge in [-0.3, -0.25) is 4.79 Å². The van der Waals surface area contributed by atoms with E-state index in [1.54, 1.807) is 18.5 Å². The van der Waals surface area contributed by atoms with Crippen LogP contribution in [0.2, 0.25) is 0 Å². The zero-order valence-corrected chi connectivity index (χ0v) is 20.8. The fourth-order valence-corrected chi connectivity index (χ4v) is 5.10. The number of halogens is 4. The second-order valence-corrected chi connectivity index (χ2v) is 10.2. The number of fused-ring (bicyclic) bond motifs is 1. The summed E-state index contributed by atoms with van der Waals surface area (Å²) in [6.07, 6.45) is 2.39. The SMILES string of the molecule is O=C(Cc1ccc(-c2cnc(Cc3ccc4c(c3)CCC4)nc2)cc1F)Nc1cc(C2(C(F)(F)F)CC2)on1. The van der Waals surface area contributed by atoms with Crippen LogP contribution in [0.5, 0.6) is 0 Å². The molecule has 0 atom stereocenters. The zero-order valence-electron chi connectivity index (χ0n) is 20.8. The standard InChI is InChI=1S/C29H24F4N4O2/c30-23-12-20(22-15-34-25(35-16-22)11-17-4-5-18-2-1-3-19(18)10-17)6-7-21(23)13-27(38)36-26-14-24(39-37-26)28(8-9-28)29(31,32)33/h4-7,10,12,14-16H,1-3,8-9,11,13H2,(H,36,37,38). The molecule has 2 heterocycles. The fourth-order valence-electron chi connectivity index (χ4n) is 5.10. The largest absolute Gasteiger partial charge is 0.401 e. The molecule has 39 heavy (non-hydrogen) atoms. The third-order valence-corrected chi connectivity index (χ3v) is 7.51. The summed E-state index contributed by atoms with van der Waals surface area (Å²) in [5.41, 5.74) is 3.26. The maximum absolute atomic E-state index is 14.8. The van der Waals surface area contributed by atoms with E-state index >= 15 is 0 Å². The smallest absolute Gasteiger partial charge is 0.358 e. The maximum Gasteiger partial charge on any atom is 0.401 e. The molecule has 0 spiro atoms. The average Bonchev–Trinajstić information content (AvgIpc) is 3.39. The Labute approximate surface area is 221 Å². The van der Waals surface area contributed by atoms with Gasteiger partial charge in [0.05, 0.1) is 6.42 Å². The Balaban J connectivity index is 1.08. The van der Waals surface area contributed by atoms with Gasteiger partial charge in [0.25, 0.3) is 0 Å². The molecule has 0 bridgehead atoms. The quantitative estimate of drug-likeness (QED) is 0.288. The Morgan fingerprint density at radius 3 is 2.46 bits per heavy atom. The minimum atomic E-state index is -4.45. The predicted molar refractivity (Wildman–Crippen MR) is 135 cm³/mol. The Morgan fingerprint density at radius 1 is 0.974 bits per heavy atom. The number of nitrogens with one attached hydrogen (secondary N) is 1. The maximum atomic E-state index is 14.8. The van der Waals surface area contributed by atoms with Crippen molar-refractivity contribution < 1.29 is 26.9 Å². The van der Waals surface area contributed by atoms with E-state index in [1.165, 1.54) is 29.7 Å². The van der Waals surface area contributed by atoms with E-state index in [0.29, 0.717) is 23.4 Å². The highest BCUT2D eigenvalue weighted by atomic mass is 19.4. The molecule has 6 nitrogen and oxygen atoms in total. The monoisotopic (exact) mass is 536 g/mol. The molecule has 6 rings (SSSR count). The van der Waals surface area contributed by atoms with Crippen molar-refractivity contribution in [2.24, 2.45) is 0 Å². The number of carbonyl (C=O) groups is 1. The number of amides is 1. The first-order valence-corrected chi connectivity index (χ1v) is 12.7. The van der Waals surface area contributed by atoms with Gasteiger partial charge < -0.3 is 9.84 Å². The highest BCUT2D eigenvalue weighted by Gasteiger charge is 2.66. The molecule has 0 aliphatic heterocycles. The van der Waals surface area contributed by atoms with Crippen molar-refractivity contribution in [2.45, 2.75) is 56.5 Å². The van der Waals surface area contributed by atoms with Crippen LogP contribution in [0.1, 0.15) is 53.1 Å². The summed E-state index contributed by atoms with van der Waals surface area (Å²) in [4.78, 5) is 21.3. The summed E-state index contributed by atoms with van der Waals surface area (Å²) in [6, 6.07) is 12.0. The van der Waals surface area contributed by atoms with E-state index in [-0.39, 0.29) is 36.4 Å². The van der Waals surface area contributed by atoms with Crippen LogP contribution in [-0.2, 0) is 35.9 Å². The lowest BCUT2D eigenvalue weighted by atomic mass is 10.0. The number of nitrogens with zero attached hydrogens (tertiary/aromatic N) is 3. The lowest BCUT2D eigenvalue weighted by Crippen LogP contribution is -2.28. The highest BCUT2D eigenvalue weighted by Crippen LogP contribution is 2.59. The van der Waals surface area contributed by atoms with E-state index in [0.717, 1.165) is 24.5 Å². The number of aromatic nitrogens is 3. The number of benzene rings is 2. The van der Waals surface area contributed by atoms with Crippen LogP contribution in [0.15, 0.2) is 59.4 Å². The number of alkyl halides is 3. The van der Waals surface area contributed by atoms with Crippen LogP contribution in [0.4, 0.5) is 23.4 Å². The van der Waals surface area contributed by atoms with Crippen LogP contribution in [0, 0.1) is 5.82 Å². The lowest BCUT2D eigenvalue weighted by Gasteiger charge is -2.14. The summed E-state index contributed by atoms with van der Waals surface area (Å²) in [5.74, 6) is -1.03. The van der Waals surface area contributed by atoms with Gasteiger partial charge in [-0.25, -0.2) is 14.4 Å². The first kappa shape index (κ1) is 25.2. The third-order valence-electron chi connectivity index (χ3n) is 7.51. The second-order valence-electron chi connectivity index (χ2n) is 10.2. The van der Waals surface area contributed by atoms with Gasteiger partial charge in [-0.1, -0.05) is 35.5 Å². The molecule has 0 saturated heterocycles. The van der Waals surface area contributed by atoms with Crippen molar-refractivity contribution in [1.29, 1.82) is 0 Å². The van der Waals surface area contributed by atoms with Crippen molar-refractivity contribution >= 4 is 11.7 Å². The molecule has 2 aliphatic carbocycles. The molecule has 1 saturated carbocycles. The van der Waals surface area contributed by atoms with E-state index in [2.05, 4.69) is 38.6 Å². The number of anilines is 1. The van der Waals surface area contributed by atoms with Gasteiger partial charge in [0.1, 0.15) is 17.1 Å². The molecule has 4 aromatic rings. The lowest BCUT2D eigenvalue weighted by molar-refractivity contribution is -0.165. The van der Waals surface area contributed by atoms with E-state index in [1.807, 2.05) is 0 Å². The van der Waals surface area contributed by atoms with E-state index in [4.69, 9.17) is 4.52 Å². The topological polar surface area (TPSA) is 80.9 Å². The second kappa shape index (κ2) is 9.59. The molecule has 2 aromatic carbocycles. The molecule has 2 aromatic heterocycles. The van der Waals surface area contributed by atoms with Crippen LogP contribution < -0.4 is 5.32 Å². The molecule has 0 unspecified atom stereocenters. The van der Waals surface area contributed by atoms with Crippen molar-refractivity contribution in [3.05, 3.63) is 94.5 Å². The van der Waals surface area contributed by atoms with Gasteiger partial charge in [0.2, 0.25) is 5.91 Å². The van der Waals surface area contributed by atoms with Gasteiger partial charge in [-0.05, 0) is 66.0 Å². The number of aryl methyl sites for hydroxylation is 2. The van der Waals surface area contributed by atoms with Gasteiger partial charge in [0.15, 0.2) is 11.6 Å². The number of rotatable bonds is 7. The van der Waals surface area contributed by atoms with Crippen molar-refractivity contribution in [2.75, 3.05) is 5.32 Å². The van der Waals surface area contributed by atoms with E-state index in [9.17, 15) is 22.4 Å². The van der Waals surface area contributed by atoms with Gasteiger partial charge >= 0.3 is 6.18 Å². The Bertz CT molecular complexity index is 1540.